The van der Waals surface area contributed by atoms with Gasteiger partial charge in [0.05, 0.1) is 25.4 Å². The summed E-state index contributed by atoms with van der Waals surface area (Å²) in [5, 5.41) is 67.7. The van der Waals surface area contributed by atoms with E-state index in [2.05, 4.69) is 20.8 Å². The van der Waals surface area contributed by atoms with Crippen molar-refractivity contribution < 1.29 is 59.1 Å². The van der Waals surface area contributed by atoms with Gasteiger partial charge in [-0.3, -0.25) is 0 Å². The average Bonchev–Trinajstić information content (AvgIpc) is 3.36. The van der Waals surface area contributed by atoms with Crippen LogP contribution in [0.1, 0.15) is 88.3 Å². The molecule has 15 heteroatoms. The first-order valence-electron chi connectivity index (χ1n) is 24.0. The summed E-state index contributed by atoms with van der Waals surface area (Å²) in [7, 11) is 0. The van der Waals surface area contributed by atoms with Gasteiger partial charge in [-0.05, 0) is 79.9 Å². The zero-order valence-corrected chi connectivity index (χ0v) is 39.9. The van der Waals surface area contributed by atoms with Gasteiger partial charge in [0, 0.05) is 60.5 Å². The zero-order valence-electron chi connectivity index (χ0n) is 39.9. The molecule has 0 aliphatic carbocycles. The number of hydrogen-bond acceptors (Lipinski definition) is 15. The fourth-order valence-electron chi connectivity index (χ4n) is 7.63. The molecule has 5 aromatic carbocycles. The molecule has 1 aliphatic rings. The molecular formula is C54H69N3O12. The Morgan fingerprint density at radius 3 is 1.35 bits per heavy atom. The molecule has 0 radical (unpaired) electrons. The molecule has 15 nitrogen and oxygen atoms in total. The second-order valence-corrected chi connectivity index (χ2v) is 16.9. The Hall–Kier alpha value is -6.07. The van der Waals surface area contributed by atoms with Crippen LogP contribution in [-0.4, -0.2) is 114 Å². The number of benzene rings is 5. The van der Waals surface area contributed by atoms with Gasteiger partial charge in [0.25, 0.3) is 0 Å². The van der Waals surface area contributed by atoms with Crippen LogP contribution in [0.3, 0.4) is 0 Å². The number of aliphatic hydroxyl groups is 3. The fraction of sp³-hybridized carbons (Fsp3) is 0.426. The molecule has 5 atom stereocenters. The Morgan fingerprint density at radius 1 is 0.493 bits per heavy atom. The minimum atomic E-state index is -1.00. The number of ether oxygens (including phenoxy) is 6. The Balaban J connectivity index is 1.44. The van der Waals surface area contributed by atoms with Gasteiger partial charge in [0.15, 0.2) is 6.17 Å². The van der Waals surface area contributed by atoms with E-state index in [0.29, 0.717) is 65.1 Å². The van der Waals surface area contributed by atoms with Crippen LogP contribution in [0.4, 0.5) is 11.4 Å². The molecule has 0 bridgehead atoms. The van der Waals surface area contributed by atoms with Gasteiger partial charge >= 0.3 is 0 Å². The molecule has 0 saturated carbocycles. The minimum absolute atomic E-state index is 0.0593. The third-order valence-corrected chi connectivity index (χ3v) is 11.3. The summed E-state index contributed by atoms with van der Waals surface area (Å²) in [5.74, 6) is 0.757. The van der Waals surface area contributed by atoms with Crippen molar-refractivity contribution in [3.8, 4) is 34.5 Å². The number of para-hydroxylation sites is 2. The van der Waals surface area contributed by atoms with Gasteiger partial charge in [-0.25, -0.2) is 4.99 Å². The molecule has 372 valence electrons. The second-order valence-electron chi connectivity index (χ2n) is 16.9. The van der Waals surface area contributed by atoms with Crippen LogP contribution in [-0.2, 0) is 14.2 Å². The van der Waals surface area contributed by atoms with Gasteiger partial charge in [-0.1, -0.05) is 76.4 Å². The highest BCUT2D eigenvalue weighted by atomic mass is 16.5. The highest BCUT2D eigenvalue weighted by molar-refractivity contribution is 6.13. The SMILES string of the molecule is CCCCOCC(O)COc1ccc(C2=NC(c3ccc(OCC(O)COCCCC)cc3O)N(c3ccccc3)C(c3ccc(OCC(O)COCCCC)cc3O)N2c2ccccc2)c(O)c1. The lowest BCUT2D eigenvalue weighted by atomic mass is 9.99. The standard InChI is InChI=1S/C54H69N3O12/c1-4-7-26-64-32-40(58)35-67-43-20-23-46(49(61)29-43)52-55-53(47-24-21-44(30-50(47)62)68-36-41(59)33-65-27-8-5-2)57(39-18-14-11-15-19-39)54(56(52)38-16-12-10-13-17-38)48-25-22-45(31-51(48)63)69-37-42(60)34-66-28-9-6-3/h10-25,29-31,40-42,52,54,58-63H,4-9,26-28,32-37H2,1-3H3. The largest absolute Gasteiger partial charge is 0.507 e. The predicted octanol–water partition coefficient (Wildman–Crippen LogP) is 8.64. The van der Waals surface area contributed by atoms with Crippen molar-refractivity contribution >= 4 is 17.2 Å². The number of anilines is 2. The van der Waals surface area contributed by atoms with Crippen molar-refractivity contribution in [3.63, 3.8) is 0 Å². The molecule has 1 heterocycles. The van der Waals surface area contributed by atoms with E-state index in [1.54, 1.807) is 36.4 Å². The topological polar surface area (TPSA) is 196 Å². The van der Waals surface area contributed by atoms with Crippen molar-refractivity contribution in [2.45, 2.75) is 89.9 Å². The molecule has 6 N–H and O–H groups in total. The fourth-order valence-corrected chi connectivity index (χ4v) is 7.63. The van der Waals surface area contributed by atoms with E-state index in [1.165, 1.54) is 18.2 Å². The number of aromatic hydroxyl groups is 3. The number of phenols is 3. The normalized spacial score (nSPS) is 16.2. The number of aliphatic hydroxyl groups excluding tert-OH is 3. The van der Waals surface area contributed by atoms with Crippen LogP contribution >= 0.6 is 0 Å². The van der Waals surface area contributed by atoms with Gasteiger partial charge in [-0.15, -0.1) is 0 Å². The molecule has 0 fully saturated rings. The number of nitrogens with zero attached hydrogens (tertiary/aromatic N) is 3. The van der Waals surface area contributed by atoms with E-state index >= 15 is 0 Å². The number of rotatable bonds is 29. The Morgan fingerprint density at radius 2 is 0.913 bits per heavy atom. The maximum Gasteiger partial charge on any atom is 0.155 e. The third-order valence-electron chi connectivity index (χ3n) is 11.3. The van der Waals surface area contributed by atoms with E-state index in [1.807, 2.05) is 70.5 Å². The maximum atomic E-state index is 12.2. The van der Waals surface area contributed by atoms with Crippen molar-refractivity contribution in [3.05, 3.63) is 132 Å². The lowest BCUT2D eigenvalue weighted by Gasteiger charge is -2.49. The van der Waals surface area contributed by atoms with E-state index in [4.69, 9.17) is 33.4 Å². The summed E-state index contributed by atoms with van der Waals surface area (Å²) in [6.07, 6.45) is 1.01. The van der Waals surface area contributed by atoms with Crippen molar-refractivity contribution in [1.82, 2.24) is 0 Å². The summed E-state index contributed by atoms with van der Waals surface area (Å²) in [6, 6.07) is 33.6. The van der Waals surface area contributed by atoms with E-state index in [9.17, 15) is 30.6 Å². The number of unbranched alkanes of at least 4 members (excludes halogenated alkanes) is 3. The van der Waals surface area contributed by atoms with Crippen LogP contribution in [0.15, 0.2) is 120 Å². The molecule has 5 unspecified atom stereocenters. The smallest absolute Gasteiger partial charge is 0.155 e. The molecule has 5 aromatic rings. The lowest BCUT2D eigenvalue weighted by molar-refractivity contribution is 0.0113. The summed E-state index contributed by atoms with van der Waals surface area (Å²) in [4.78, 5) is 9.25. The predicted molar refractivity (Wildman–Crippen MR) is 266 cm³/mol. The first-order valence-corrected chi connectivity index (χ1v) is 24.0. The maximum absolute atomic E-state index is 12.2. The molecule has 0 saturated heterocycles. The molecule has 6 rings (SSSR count). The second kappa shape index (κ2) is 27.2. The molecule has 1 aliphatic heterocycles. The monoisotopic (exact) mass is 951 g/mol. The van der Waals surface area contributed by atoms with Crippen LogP contribution in [0, 0.1) is 0 Å². The van der Waals surface area contributed by atoms with Crippen LogP contribution in [0.25, 0.3) is 0 Å². The minimum Gasteiger partial charge on any atom is -0.507 e. The number of phenolic OH excluding ortho intramolecular Hbond substituents is 3. The first kappa shape index (κ1) is 52.3. The molecule has 0 amide bonds. The molecule has 0 spiro atoms. The number of aliphatic imine (C=N–C) groups is 1. The first-order chi connectivity index (χ1) is 33.6. The van der Waals surface area contributed by atoms with Crippen LogP contribution in [0.2, 0.25) is 0 Å². The Labute approximate surface area is 405 Å². The van der Waals surface area contributed by atoms with Gasteiger partial charge in [-0.2, -0.15) is 0 Å². The average molecular weight is 952 g/mol. The number of hydrogen-bond donors (Lipinski definition) is 6. The van der Waals surface area contributed by atoms with Gasteiger partial charge in [0.1, 0.15) is 84.6 Å². The molecule has 0 aromatic heterocycles. The van der Waals surface area contributed by atoms with Crippen LogP contribution < -0.4 is 24.0 Å². The third kappa shape index (κ3) is 15.0. The molecule has 69 heavy (non-hydrogen) atoms. The van der Waals surface area contributed by atoms with E-state index < -0.39 is 30.6 Å². The quantitative estimate of drug-likeness (QED) is 0.0249. The van der Waals surface area contributed by atoms with Gasteiger partial charge < -0.3 is 68.9 Å². The van der Waals surface area contributed by atoms with E-state index in [0.717, 1.165) is 38.5 Å². The number of amidine groups is 1. The van der Waals surface area contributed by atoms with Crippen molar-refractivity contribution in [2.75, 3.05) is 69.3 Å². The van der Waals surface area contributed by atoms with Crippen molar-refractivity contribution in [2.24, 2.45) is 4.99 Å². The lowest BCUT2D eigenvalue weighted by Crippen LogP contribution is -2.51. The summed E-state index contributed by atoms with van der Waals surface area (Å²) >= 11 is 0. The summed E-state index contributed by atoms with van der Waals surface area (Å²) in [5.41, 5.74) is 2.43. The summed E-state index contributed by atoms with van der Waals surface area (Å²) < 4.78 is 34.5. The van der Waals surface area contributed by atoms with E-state index in [-0.39, 0.29) is 62.7 Å². The van der Waals surface area contributed by atoms with Gasteiger partial charge in [0.2, 0.25) is 0 Å². The summed E-state index contributed by atoms with van der Waals surface area (Å²) in [6.45, 7) is 7.96. The van der Waals surface area contributed by atoms with Crippen LogP contribution in [0.5, 0.6) is 34.5 Å². The zero-order chi connectivity index (χ0) is 49.0. The Bertz CT molecular complexity index is 2320. The van der Waals surface area contributed by atoms with Crippen molar-refractivity contribution in [1.29, 1.82) is 0 Å². The highest BCUT2D eigenvalue weighted by Gasteiger charge is 2.43. The highest BCUT2D eigenvalue weighted by Crippen LogP contribution is 2.49. The Kier molecular flexibility index (Phi) is 20.6. The molecular weight excluding hydrogens is 883 g/mol.